The molecule has 0 aliphatic rings. The Labute approximate surface area is 129 Å². The first-order chi connectivity index (χ1) is 10.3. The number of rotatable bonds is 12. The molecule has 0 aromatic rings. The molecule has 0 fully saturated rings. The number of carbonyl (C=O) groups is 2. The van der Waals surface area contributed by atoms with Crippen LogP contribution in [0.3, 0.4) is 0 Å². The van der Waals surface area contributed by atoms with E-state index >= 15 is 0 Å². The van der Waals surface area contributed by atoms with Crippen LogP contribution in [-0.2, 0) is 38.7 Å². The Morgan fingerprint density at radius 2 is 1.45 bits per heavy atom. The summed E-state index contributed by atoms with van der Waals surface area (Å²) in [5.41, 5.74) is 0. The van der Waals surface area contributed by atoms with Crippen LogP contribution in [0.2, 0.25) is 0 Å². The second-order valence-electron chi connectivity index (χ2n) is 3.99. The number of esters is 2. The van der Waals surface area contributed by atoms with Gasteiger partial charge >= 0.3 is 11.9 Å². The highest BCUT2D eigenvalue weighted by atomic mass is 32.2. The number of carbonyl (C=O) groups excluding carboxylic acids is 2. The summed E-state index contributed by atoms with van der Waals surface area (Å²) in [5, 5.41) is -2.02. The molecule has 0 aliphatic heterocycles. The summed E-state index contributed by atoms with van der Waals surface area (Å²) >= 11 is 0. The number of hydrogen-bond donors (Lipinski definition) is 1. The van der Waals surface area contributed by atoms with Gasteiger partial charge in [0, 0.05) is 13.2 Å². The zero-order chi connectivity index (χ0) is 17.0. The largest absolute Gasteiger partial charge is 0.463 e. The van der Waals surface area contributed by atoms with E-state index in [1.165, 1.54) is 0 Å². The van der Waals surface area contributed by atoms with Crippen LogP contribution in [0.25, 0.3) is 0 Å². The zero-order valence-electron chi connectivity index (χ0n) is 12.6. The smallest absolute Gasteiger partial charge is 0.327 e. The quantitative estimate of drug-likeness (QED) is 0.291. The number of ether oxygens (including phenoxy) is 4. The molecule has 0 amide bonds. The van der Waals surface area contributed by atoms with Crippen LogP contribution in [0.5, 0.6) is 0 Å². The first-order valence-corrected chi connectivity index (χ1v) is 8.27. The van der Waals surface area contributed by atoms with Crippen LogP contribution in [0.15, 0.2) is 0 Å². The van der Waals surface area contributed by atoms with Crippen LogP contribution < -0.4 is 0 Å². The van der Waals surface area contributed by atoms with E-state index in [0.29, 0.717) is 13.2 Å². The summed E-state index contributed by atoms with van der Waals surface area (Å²) in [5.74, 6) is -2.19. The summed E-state index contributed by atoms with van der Waals surface area (Å²) in [7, 11) is -4.78. The Morgan fingerprint density at radius 1 is 0.955 bits per heavy atom. The molecule has 1 atom stereocenters. The molecular weight excluding hydrogens is 320 g/mol. The molecule has 0 aliphatic carbocycles. The van der Waals surface area contributed by atoms with E-state index in [-0.39, 0.29) is 26.4 Å². The zero-order valence-corrected chi connectivity index (χ0v) is 13.5. The standard InChI is InChI=1S/C12H22O9S/c1-3-18-5-7-20-11(13)9-10(22(15,16)17)12(14)21-8-6-19-4-2/h10H,3-9H2,1-2H3,(H,15,16,17). The molecule has 9 nitrogen and oxygen atoms in total. The highest BCUT2D eigenvalue weighted by molar-refractivity contribution is 7.87. The van der Waals surface area contributed by atoms with Crippen molar-refractivity contribution >= 4 is 22.1 Å². The fourth-order valence-electron chi connectivity index (χ4n) is 1.32. The van der Waals surface area contributed by atoms with Gasteiger partial charge in [0.25, 0.3) is 10.1 Å². The average molecular weight is 342 g/mol. The lowest BCUT2D eigenvalue weighted by atomic mass is 10.3. The molecule has 0 aromatic heterocycles. The molecule has 0 bridgehead atoms. The van der Waals surface area contributed by atoms with Crippen molar-refractivity contribution in [2.75, 3.05) is 39.6 Å². The molecule has 0 rings (SSSR count). The molecule has 0 saturated heterocycles. The van der Waals surface area contributed by atoms with Crippen molar-refractivity contribution in [1.29, 1.82) is 0 Å². The van der Waals surface area contributed by atoms with E-state index in [1.807, 2.05) is 0 Å². The van der Waals surface area contributed by atoms with Gasteiger partial charge in [0.2, 0.25) is 0 Å². The van der Waals surface area contributed by atoms with E-state index in [2.05, 4.69) is 4.74 Å². The van der Waals surface area contributed by atoms with Crippen LogP contribution in [-0.4, -0.2) is 69.8 Å². The summed E-state index contributed by atoms with van der Waals surface area (Å²) in [4.78, 5) is 23.1. The monoisotopic (exact) mass is 342 g/mol. The highest BCUT2D eigenvalue weighted by Crippen LogP contribution is 2.08. The van der Waals surface area contributed by atoms with E-state index in [4.69, 9.17) is 18.8 Å². The summed E-state index contributed by atoms with van der Waals surface area (Å²) in [6.45, 7) is 4.32. The van der Waals surface area contributed by atoms with Crippen molar-refractivity contribution in [2.24, 2.45) is 0 Å². The normalized spacial score (nSPS) is 12.7. The Balaban J connectivity index is 4.40. The van der Waals surface area contributed by atoms with Crippen molar-refractivity contribution in [3.05, 3.63) is 0 Å². The van der Waals surface area contributed by atoms with E-state index in [9.17, 15) is 18.0 Å². The predicted molar refractivity (Wildman–Crippen MR) is 74.9 cm³/mol. The van der Waals surface area contributed by atoms with Gasteiger partial charge in [-0.2, -0.15) is 8.42 Å². The summed E-state index contributed by atoms with van der Waals surface area (Å²) in [6, 6.07) is 0. The van der Waals surface area contributed by atoms with Gasteiger partial charge in [-0.1, -0.05) is 0 Å². The van der Waals surface area contributed by atoms with Crippen molar-refractivity contribution in [2.45, 2.75) is 25.5 Å². The van der Waals surface area contributed by atoms with Crippen molar-refractivity contribution in [3.63, 3.8) is 0 Å². The molecule has 0 radical (unpaired) electrons. The minimum absolute atomic E-state index is 0.0791. The second-order valence-corrected chi connectivity index (χ2v) is 5.59. The molecule has 0 spiro atoms. The molecule has 1 unspecified atom stereocenters. The highest BCUT2D eigenvalue weighted by Gasteiger charge is 2.35. The Morgan fingerprint density at radius 3 is 1.91 bits per heavy atom. The van der Waals surface area contributed by atoms with Gasteiger partial charge in [0.05, 0.1) is 19.6 Å². The van der Waals surface area contributed by atoms with Crippen LogP contribution in [0.4, 0.5) is 0 Å². The van der Waals surface area contributed by atoms with Crippen LogP contribution >= 0.6 is 0 Å². The summed E-state index contributed by atoms with van der Waals surface area (Å²) < 4.78 is 50.5. The van der Waals surface area contributed by atoms with E-state index in [1.54, 1.807) is 13.8 Å². The van der Waals surface area contributed by atoms with Gasteiger partial charge in [-0.3, -0.25) is 14.1 Å². The van der Waals surface area contributed by atoms with Gasteiger partial charge in [-0.15, -0.1) is 0 Å². The molecular formula is C12H22O9S. The van der Waals surface area contributed by atoms with Crippen molar-refractivity contribution < 1.29 is 41.5 Å². The third kappa shape index (κ3) is 9.66. The van der Waals surface area contributed by atoms with Gasteiger partial charge in [0.15, 0.2) is 5.25 Å². The molecule has 0 heterocycles. The Hall–Kier alpha value is -1.23. The molecule has 22 heavy (non-hydrogen) atoms. The Kier molecular flexibility index (Phi) is 10.7. The fourth-order valence-corrected chi connectivity index (χ4v) is 1.98. The van der Waals surface area contributed by atoms with Crippen molar-refractivity contribution in [1.82, 2.24) is 0 Å². The molecule has 10 heteroatoms. The van der Waals surface area contributed by atoms with Crippen LogP contribution in [0.1, 0.15) is 20.3 Å². The average Bonchev–Trinajstić information content (AvgIpc) is 2.44. The Bertz CT molecular complexity index is 432. The minimum atomic E-state index is -4.78. The predicted octanol–water partition coefficient (Wildman–Crippen LogP) is -0.208. The van der Waals surface area contributed by atoms with E-state index < -0.39 is 33.7 Å². The van der Waals surface area contributed by atoms with Crippen molar-refractivity contribution in [3.8, 4) is 0 Å². The maximum Gasteiger partial charge on any atom is 0.327 e. The van der Waals surface area contributed by atoms with Gasteiger partial charge in [0.1, 0.15) is 13.2 Å². The van der Waals surface area contributed by atoms with Gasteiger partial charge < -0.3 is 18.9 Å². The fraction of sp³-hybridized carbons (Fsp3) is 0.833. The van der Waals surface area contributed by atoms with Crippen LogP contribution in [0, 0.1) is 0 Å². The maximum atomic E-state index is 11.6. The first kappa shape index (κ1) is 20.8. The van der Waals surface area contributed by atoms with Gasteiger partial charge in [-0.25, -0.2) is 0 Å². The molecule has 0 aromatic carbocycles. The second kappa shape index (κ2) is 11.4. The lowest BCUT2D eigenvalue weighted by molar-refractivity contribution is -0.151. The molecule has 130 valence electrons. The summed E-state index contributed by atoms with van der Waals surface area (Å²) in [6.07, 6.45) is -0.835. The first-order valence-electron chi connectivity index (χ1n) is 6.76. The topological polar surface area (TPSA) is 125 Å². The lowest BCUT2D eigenvalue weighted by Gasteiger charge is -2.13. The minimum Gasteiger partial charge on any atom is -0.463 e. The van der Waals surface area contributed by atoms with Gasteiger partial charge in [-0.05, 0) is 13.8 Å². The SMILES string of the molecule is CCOCCOC(=O)CC(C(=O)OCCOCC)S(=O)(=O)O. The third-order valence-electron chi connectivity index (χ3n) is 2.35. The number of hydrogen-bond acceptors (Lipinski definition) is 8. The third-order valence-corrected chi connectivity index (χ3v) is 3.42. The lowest BCUT2D eigenvalue weighted by Crippen LogP contribution is -2.35. The molecule has 0 saturated carbocycles. The molecule has 1 N–H and O–H groups in total. The van der Waals surface area contributed by atoms with E-state index in [0.717, 1.165) is 0 Å². The maximum absolute atomic E-state index is 11.6.